The van der Waals surface area contributed by atoms with E-state index in [1.54, 1.807) is 0 Å². The molecular weight excluding hydrogens is 162 g/mol. The molecular formula is C7H9NO4. The van der Waals surface area contributed by atoms with E-state index in [0.29, 0.717) is 0 Å². The van der Waals surface area contributed by atoms with Crippen molar-refractivity contribution >= 4 is 17.7 Å². The van der Waals surface area contributed by atoms with Crippen molar-refractivity contribution in [3.05, 3.63) is 0 Å². The molecule has 0 aromatic heterocycles. The Morgan fingerprint density at radius 1 is 1.67 bits per heavy atom. The molecule has 1 aliphatic heterocycles. The first-order valence-electron chi connectivity index (χ1n) is 3.56. The Morgan fingerprint density at radius 3 is 2.58 bits per heavy atom. The topological polar surface area (TPSA) is 86.5 Å². The summed E-state index contributed by atoms with van der Waals surface area (Å²) in [5.74, 6) is -2.84. The van der Waals surface area contributed by atoms with Gasteiger partial charge in [0.2, 0.25) is 0 Å². The molecule has 1 aliphatic rings. The maximum absolute atomic E-state index is 11.1. The van der Waals surface area contributed by atoms with Crippen molar-refractivity contribution in [3.63, 3.8) is 0 Å². The van der Waals surface area contributed by atoms with Gasteiger partial charge in [0.25, 0.3) is 0 Å². The fourth-order valence-electron chi connectivity index (χ4n) is 1.01. The summed E-state index contributed by atoms with van der Waals surface area (Å²) in [6.07, 6.45) is -0.167. The van der Waals surface area contributed by atoms with Crippen molar-refractivity contribution in [3.8, 4) is 0 Å². The first-order valence-corrected chi connectivity index (χ1v) is 3.56. The number of esters is 2. The summed E-state index contributed by atoms with van der Waals surface area (Å²) in [5.41, 5.74) is 5.25. The number of rotatable bonds is 2. The van der Waals surface area contributed by atoms with Crippen molar-refractivity contribution in [2.75, 3.05) is 0 Å². The third kappa shape index (κ3) is 1.50. The van der Waals surface area contributed by atoms with Gasteiger partial charge in [-0.25, -0.2) is 0 Å². The number of ketones is 1. The number of nitrogens with two attached hydrogens (primary N) is 1. The zero-order valence-electron chi connectivity index (χ0n) is 6.57. The average molecular weight is 171 g/mol. The van der Waals surface area contributed by atoms with Gasteiger partial charge in [0.1, 0.15) is 5.92 Å². The molecule has 0 radical (unpaired) electrons. The molecule has 0 saturated carbocycles. The molecule has 0 aromatic rings. The van der Waals surface area contributed by atoms with E-state index in [1.165, 1.54) is 6.92 Å². The first-order chi connectivity index (χ1) is 5.52. The van der Waals surface area contributed by atoms with Crippen LogP contribution >= 0.6 is 0 Å². The summed E-state index contributed by atoms with van der Waals surface area (Å²) in [7, 11) is 0. The Kier molecular flexibility index (Phi) is 2.23. The van der Waals surface area contributed by atoms with Crippen LogP contribution < -0.4 is 5.73 Å². The van der Waals surface area contributed by atoms with Gasteiger partial charge in [-0.3, -0.25) is 14.4 Å². The van der Waals surface area contributed by atoms with Crippen molar-refractivity contribution in [2.45, 2.75) is 19.4 Å². The number of cyclic esters (lactones) is 2. The van der Waals surface area contributed by atoms with Crippen molar-refractivity contribution in [2.24, 2.45) is 11.7 Å². The van der Waals surface area contributed by atoms with E-state index in [1.807, 2.05) is 0 Å². The van der Waals surface area contributed by atoms with Crippen LogP contribution in [0.4, 0.5) is 0 Å². The van der Waals surface area contributed by atoms with Gasteiger partial charge in [0, 0.05) is 0 Å². The Balaban J connectivity index is 2.71. The quantitative estimate of drug-likeness (QED) is 0.425. The first kappa shape index (κ1) is 8.86. The normalized spacial score (nSPS) is 25.3. The highest BCUT2D eigenvalue weighted by Gasteiger charge is 2.39. The lowest BCUT2D eigenvalue weighted by Gasteiger charge is -2.05. The smallest absolute Gasteiger partial charge is 0.324 e. The fourth-order valence-corrected chi connectivity index (χ4v) is 1.01. The molecule has 2 N–H and O–H groups in total. The van der Waals surface area contributed by atoms with Gasteiger partial charge in [-0.2, -0.15) is 0 Å². The van der Waals surface area contributed by atoms with Gasteiger partial charge < -0.3 is 10.5 Å². The molecule has 1 fully saturated rings. The summed E-state index contributed by atoms with van der Waals surface area (Å²) in [4.78, 5) is 32.5. The lowest BCUT2D eigenvalue weighted by Crippen LogP contribution is -2.34. The van der Waals surface area contributed by atoms with E-state index in [9.17, 15) is 14.4 Å². The third-order valence-corrected chi connectivity index (χ3v) is 1.66. The van der Waals surface area contributed by atoms with Crippen LogP contribution in [0.1, 0.15) is 13.3 Å². The van der Waals surface area contributed by atoms with E-state index < -0.39 is 29.7 Å². The molecule has 1 rings (SSSR count). The molecule has 0 amide bonds. The molecule has 5 nitrogen and oxygen atoms in total. The Morgan fingerprint density at radius 2 is 2.25 bits per heavy atom. The molecule has 0 spiro atoms. The number of carbonyl (C=O) groups is 3. The second-order valence-electron chi connectivity index (χ2n) is 2.74. The number of carbonyl (C=O) groups excluding carboxylic acids is 3. The molecule has 2 unspecified atom stereocenters. The van der Waals surface area contributed by atoms with E-state index >= 15 is 0 Å². The van der Waals surface area contributed by atoms with E-state index in [4.69, 9.17) is 5.73 Å². The highest BCUT2D eigenvalue weighted by Crippen LogP contribution is 2.17. The minimum Gasteiger partial charge on any atom is -0.393 e. The van der Waals surface area contributed by atoms with Crippen LogP contribution in [0, 0.1) is 5.92 Å². The maximum Gasteiger partial charge on any atom is 0.324 e. The standard InChI is InChI=1S/C7H9NO4/c1-3(8)6(10)4-2-5(9)12-7(4)11/h3-4H,2,8H2,1H3. The minimum atomic E-state index is -0.975. The largest absolute Gasteiger partial charge is 0.393 e. The zero-order chi connectivity index (χ0) is 9.30. The van der Waals surface area contributed by atoms with Gasteiger partial charge in [-0.1, -0.05) is 0 Å². The predicted octanol–water partition coefficient (Wildman–Crippen LogP) is -1.01. The van der Waals surface area contributed by atoms with Crippen molar-refractivity contribution in [1.29, 1.82) is 0 Å². The lowest BCUT2D eigenvalue weighted by molar-refractivity contribution is -0.153. The van der Waals surface area contributed by atoms with E-state index in [2.05, 4.69) is 4.74 Å². The second kappa shape index (κ2) is 3.02. The van der Waals surface area contributed by atoms with Crippen LogP contribution in [-0.4, -0.2) is 23.8 Å². The predicted molar refractivity (Wildman–Crippen MR) is 37.9 cm³/mol. The van der Waals surface area contributed by atoms with Crippen LogP contribution in [0.2, 0.25) is 0 Å². The van der Waals surface area contributed by atoms with Crippen LogP contribution in [0.25, 0.3) is 0 Å². The lowest BCUT2D eigenvalue weighted by atomic mass is 9.98. The monoisotopic (exact) mass is 171 g/mol. The molecule has 12 heavy (non-hydrogen) atoms. The number of ether oxygens (including phenoxy) is 1. The van der Waals surface area contributed by atoms with E-state index in [0.717, 1.165) is 0 Å². The summed E-state index contributed by atoms with van der Waals surface area (Å²) in [6.45, 7) is 1.47. The van der Waals surface area contributed by atoms with Crippen LogP contribution in [0.15, 0.2) is 0 Å². The van der Waals surface area contributed by atoms with Crippen LogP contribution in [-0.2, 0) is 19.1 Å². The van der Waals surface area contributed by atoms with Gasteiger partial charge in [-0.05, 0) is 6.92 Å². The summed E-state index contributed by atoms with van der Waals surface area (Å²) >= 11 is 0. The average Bonchev–Trinajstić information content (AvgIpc) is 2.28. The fraction of sp³-hybridized carbons (Fsp3) is 0.571. The molecule has 5 heteroatoms. The highest BCUT2D eigenvalue weighted by molar-refractivity contribution is 6.10. The van der Waals surface area contributed by atoms with Gasteiger partial charge in [0.05, 0.1) is 12.5 Å². The van der Waals surface area contributed by atoms with Gasteiger partial charge in [0.15, 0.2) is 5.78 Å². The number of hydrogen-bond donors (Lipinski definition) is 1. The Bertz CT molecular complexity index is 246. The molecule has 0 aliphatic carbocycles. The van der Waals surface area contributed by atoms with E-state index in [-0.39, 0.29) is 6.42 Å². The zero-order valence-corrected chi connectivity index (χ0v) is 6.57. The van der Waals surface area contributed by atoms with Crippen molar-refractivity contribution in [1.82, 2.24) is 0 Å². The van der Waals surface area contributed by atoms with Crippen LogP contribution in [0.5, 0.6) is 0 Å². The molecule has 0 bridgehead atoms. The van der Waals surface area contributed by atoms with Crippen LogP contribution in [0.3, 0.4) is 0 Å². The van der Waals surface area contributed by atoms with Gasteiger partial charge in [-0.15, -0.1) is 0 Å². The molecule has 66 valence electrons. The number of Topliss-reactive ketones (excluding diaryl/α,β-unsaturated/α-hetero) is 1. The molecule has 2 atom stereocenters. The molecule has 1 saturated heterocycles. The Hall–Kier alpha value is -1.23. The summed E-state index contributed by atoms with van der Waals surface area (Å²) < 4.78 is 4.19. The molecule has 0 aromatic carbocycles. The van der Waals surface area contributed by atoms with Gasteiger partial charge >= 0.3 is 11.9 Å². The SMILES string of the molecule is CC(N)C(=O)C1CC(=O)OC1=O. The Labute approximate surface area is 68.9 Å². The minimum absolute atomic E-state index is 0.167. The number of hydrogen-bond acceptors (Lipinski definition) is 5. The van der Waals surface area contributed by atoms with Crippen molar-refractivity contribution < 1.29 is 19.1 Å². The maximum atomic E-state index is 11.1. The molecule has 1 heterocycles. The summed E-state index contributed by atoms with van der Waals surface area (Å²) in [5, 5.41) is 0. The third-order valence-electron chi connectivity index (χ3n) is 1.66. The summed E-state index contributed by atoms with van der Waals surface area (Å²) in [6, 6.07) is -0.728. The highest BCUT2D eigenvalue weighted by atomic mass is 16.6. The second-order valence-corrected chi connectivity index (χ2v) is 2.74.